The van der Waals surface area contributed by atoms with Crippen molar-refractivity contribution in [2.45, 2.75) is 31.7 Å². The average molecular weight is 225 g/mol. The fraction of sp³-hybridized carbons (Fsp3) is 0.500. The van der Waals surface area contributed by atoms with Crippen molar-refractivity contribution >= 4 is 11.8 Å². The van der Waals surface area contributed by atoms with Crippen LogP contribution in [0.4, 0.5) is 4.39 Å². The number of thioether (sulfide) groups is 1. The zero-order chi connectivity index (χ0) is 11.1. The van der Waals surface area contributed by atoms with Crippen LogP contribution in [0.2, 0.25) is 0 Å². The molecule has 0 spiro atoms. The molecule has 0 bridgehead atoms. The third kappa shape index (κ3) is 2.34. The lowest BCUT2D eigenvalue weighted by molar-refractivity contribution is 0.450. The van der Waals surface area contributed by atoms with E-state index in [9.17, 15) is 4.39 Å². The zero-order valence-electron chi connectivity index (χ0n) is 9.30. The molecular formula is C12H16FNS. The molecule has 0 aliphatic carbocycles. The predicted octanol–water partition coefficient (Wildman–Crippen LogP) is 3.25. The van der Waals surface area contributed by atoms with Crippen molar-refractivity contribution < 1.29 is 4.39 Å². The molecule has 1 heterocycles. The summed E-state index contributed by atoms with van der Waals surface area (Å²) in [5.74, 6) is 0.913. The Labute approximate surface area is 94.5 Å². The van der Waals surface area contributed by atoms with Crippen LogP contribution in [-0.4, -0.2) is 11.3 Å². The van der Waals surface area contributed by atoms with Crippen LogP contribution < -0.4 is 5.32 Å². The first-order valence-corrected chi connectivity index (χ1v) is 6.18. The maximum absolute atomic E-state index is 13.2. The maximum atomic E-state index is 13.2. The van der Waals surface area contributed by atoms with E-state index in [1.54, 1.807) is 6.07 Å². The number of hydrogen-bond acceptors (Lipinski definition) is 2. The van der Waals surface area contributed by atoms with Crippen LogP contribution in [0.15, 0.2) is 18.2 Å². The first-order chi connectivity index (χ1) is 6.98. The predicted molar refractivity (Wildman–Crippen MR) is 63.6 cm³/mol. The number of aryl methyl sites for hydroxylation is 1. The van der Waals surface area contributed by atoms with Crippen LogP contribution in [0.25, 0.3) is 0 Å². The summed E-state index contributed by atoms with van der Waals surface area (Å²) in [6.45, 7) is 6.38. The molecule has 0 amide bonds. The van der Waals surface area contributed by atoms with Gasteiger partial charge in [-0.3, -0.25) is 5.32 Å². The van der Waals surface area contributed by atoms with Gasteiger partial charge in [0.1, 0.15) is 5.82 Å². The van der Waals surface area contributed by atoms with Crippen molar-refractivity contribution in [3.05, 3.63) is 35.1 Å². The lowest BCUT2D eigenvalue weighted by Crippen LogP contribution is -2.36. The number of rotatable bonds is 1. The summed E-state index contributed by atoms with van der Waals surface area (Å²) in [4.78, 5) is 0. The van der Waals surface area contributed by atoms with Gasteiger partial charge in [-0.2, -0.15) is 0 Å². The fourth-order valence-corrected chi connectivity index (χ4v) is 3.29. The first kappa shape index (κ1) is 11.0. The Bertz CT molecular complexity index is 376. The van der Waals surface area contributed by atoms with Crippen LogP contribution in [-0.2, 0) is 0 Å². The van der Waals surface area contributed by atoms with Crippen molar-refractivity contribution in [3.63, 3.8) is 0 Å². The summed E-state index contributed by atoms with van der Waals surface area (Å²) in [5, 5.41) is 3.74. The minimum Gasteiger partial charge on any atom is -0.296 e. The smallest absolute Gasteiger partial charge is 0.123 e. The van der Waals surface area contributed by atoms with E-state index in [1.807, 2.05) is 24.8 Å². The van der Waals surface area contributed by atoms with Crippen LogP contribution in [0.3, 0.4) is 0 Å². The largest absolute Gasteiger partial charge is 0.296 e. The summed E-state index contributed by atoms with van der Waals surface area (Å²) >= 11 is 1.85. The molecule has 1 saturated heterocycles. The van der Waals surface area contributed by atoms with Gasteiger partial charge in [-0.15, -0.1) is 11.8 Å². The lowest BCUT2D eigenvalue weighted by atomic mass is 10.1. The molecule has 2 rings (SSSR count). The van der Waals surface area contributed by atoms with Crippen LogP contribution >= 0.6 is 11.8 Å². The molecule has 1 nitrogen and oxygen atoms in total. The topological polar surface area (TPSA) is 12.0 Å². The van der Waals surface area contributed by atoms with Gasteiger partial charge in [0.25, 0.3) is 0 Å². The van der Waals surface area contributed by atoms with E-state index in [0.29, 0.717) is 0 Å². The summed E-state index contributed by atoms with van der Waals surface area (Å²) in [7, 11) is 0. The molecule has 15 heavy (non-hydrogen) atoms. The van der Waals surface area contributed by atoms with Crippen molar-refractivity contribution in [2.75, 3.05) is 5.75 Å². The highest BCUT2D eigenvalue weighted by Crippen LogP contribution is 2.38. The van der Waals surface area contributed by atoms with Gasteiger partial charge in [0.05, 0.1) is 5.37 Å². The van der Waals surface area contributed by atoms with Gasteiger partial charge < -0.3 is 0 Å². The second-order valence-corrected chi connectivity index (χ2v) is 5.81. The molecule has 1 aromatic carbocycles. The molecule has 1 N–H and O–H groups in total. The molecule has 1 aromatic rings. The fourth-order valence-electron chi connectivity index (χ4n) is 1.79. The number of benzene rings is 1. The summed E-state index contributed by atoms with van der Waals surface area (Å²) < 4.78 is 13.2. The Kier molecular flexibility index (Phi) is 2.77. The van der Waals surface area contributed by atoms with E-state index in [0.717, 1.165) is 16.9 Å². The standard InChI is InChI=1S/C12H16FNS/c1-8-4-5-9(13)6-10(8)11-14-12(2,3)7-15-11/h4-6,11,14H,7H2,1-3H3. The van der Waals surface area contributed by atoms with E-state index < -0.39 is 0 Å². The minimum atomic E-state index is -0.150. The van der Waals surface area contributed by atoms with E-state index in [1.165, 1.54) is 6.07 Å². The quantitative estimate of drug-likeness (QED) is 0.787. The van der Waals surface area contributed by atoms with Gasteiger partial charge in [0, 0.05) is 11.3 Å². The molecule has 1 fully saturated rings. The molecule has 1 aliphatic heterocycles. The maximum Gasteiger partial charge on any atom is 0.123 e. The highest BCUT2D eigenvalue weighted by Gasteiger charge is 2.32. The SMILES string of the molecule is Cc1ccc(F)cc1C1NC(C)(C)CS1. The van der Waals surface area contributed by atoms with Gasteiger partial charge in [0.2, 0.25) is 0 Å². The molecule has 1 unspecified atom stereocenters. The summed E-state index contributed by atoms with van der Waals surface area (Å²) in [6.07, 6.45) is 0. The van der Waals surface area contributed by atoms with Gasteiger partial charge in [0.15, 0.2) is 0 Å². The number of nitrogens with one attached hydrogen (secondary N) is 1. The number of hydrogen-bond donors (Lipinski definition) is 1. The number of halogens is 1. The Morgan fingerprint density at radius 2 is 2.20 bits per heavy atom. The van der Waals surface area contributed by atoms with Gasteiger partial charge >= 0.3 is 0 Å². The molecule has 1 aliphatic rings. The second-order valence-electron chi connectivity index (χ2n) is 4.72. The third-order valence-corrected chi connectivity index (χ3v) is 4.25. The van der Waals surface area contributed by atoms with Crippen molar-refractivity contribution in [1.82, 2.24) is 5.32 Å². The molecular weight excluding hydrogens is 209 g/mol. The van der Waals surface area contributed by atoms with Crippen LogP contribution in [0.1, 0.15) is 30.3 Å². The highest BCUT2D eigenvalue weighted by molar-refractivity contribution is 7.99. The third-order valence-electron chi connectivity index (χ3n) is 2.66. The second kappa shape index (κ2) is 3.80. The van der Waals surface area contributed by atoms with Gasteiger partial charge in [-0.25, -0.2) is 4.39 Å². The Morgan fingerprint density at radius 1 is 1.47 bits per heavy atom. The minimum absolute atomic E-state index is 0.147. The van der Waals surface area contributed by atoms with Crippen molar-refractivity contribution in [2.24, 2.45) is 0 Å². The molecule has 82 valence electrons. The van der Waals surface area contributed by atoms with E-state index in [4.69, 9.17) is 0 Å². The molecule has 0 radical (unpaired) electrons. The summed E-state index contributed by atoms with van der Waals surface area (Å²) in [5.41, 5.74) is 2.37. The van der Waals surface area contributed by atoms with Crippen molar-refractivity contribution in [3.8, 4) is 0 Å². The monoisotopic (exact) mass is 225 g/mol. The molecule has 0 aromatic heterocycles. The molecule has 1 atom stereocenters. The zero-order valence-corrected chi connectivity index (χ0v) is 10.1. The first-order valence-electron chi connectivity index (χ1n) is 5.13. The summed E-state index contributed by atoms with van der Waals surface area (Å²) in [6, 6.07) is 5.00. The average Bonchev–Trinajstić information content (AvgIpc) is 2.50. The molecule has 0 saturated carbocycles. The Balaban J connectivity index is 2.27. The highest BCUT2D eigenvalue weighted by atomic mass is 32.2. The Morgan fingerprint density at radius 3 is 2.80 bits per heavy atom. The molecule has 3 heteroatoms. The van der Waals surface area contributed by atoms with E-state index in [-0.39, 0.29) is 16.7 Å². The van der Waals surface area contributed by atoms with Gasteiger partial charge in [-0.05, 0) is 44.0 Å². The van der Waals surface area contributed by atoms with Crippen LogP contribution in [0, 0.1) is 12.7 Å². The normalized spacial score (nSPS) is 24.4. The van der Waals surface area contributed by atoms with E-state index >= 15 is 0 Å². The van der Waals surface area contributed by atoms with E-state index in [2.05, 4.69) is 19.2 Å². The lowest BCUT2D eigenvalue weighted by Gasteiger charge is -2.20. The van der Waals surface area contributed by atoms with Crippen LogP contribution in [0.5, 0.6) is 0 Å². The van der Waals surface area contributed by atoms with Crippen molar-refractivity contribution in [1.29, 1.82) is 0 Å². The van der Waals surface area contributed by atoms with Gasteiger partial charge in [-0.1, -0.05) is 6.07 Å². The Hall–Kier alpha value is -0.540.